The summed E-state index contributed by atoms with van der Waals surface area (Å²) in [5, 5.41) is 0. The third-order valence-electron chi connectivity index (χ3n) is 3.23. The summed E-state index contributed by atoms with van der Waals surface area (Å²) < 4.78 is 0. The summed E-state index contributed by atoms with van der Waals surface area (Å²) in [7, 11) is 0. The first-order valence-electron chi connectivity index (χ1n) is 5.45. The van der Waals surface area contributed by atoms with Crippen LogP contribution in [0.15, 0.2) is 29.3 Å². The topological polar surface area (TPSA) is 41.6 Å². The van der Waals surface area contributed by atoms with E-state index in [0.29, 0.717) is 0 Å². The van der Waals surface area contributed by atoms with Gasteiger partial charge in [-0.15, -0.1) is 0 Å². The van der Waals surface area contributed by atoms with Gasteiger partial charge in [0, 0.05) is 17.8 Å². The Kier molecular flexibility index (Phi) is 1.83. The van der Waals surface area contributed by atoms with E-state index in [1.807, 2.05) is 6.34 Å². The van der Waals surface area contributed by atoms with Gasteiger partial charge in [0.05, 0.1) is 12.9 Å². The summed E-state index contributed by atoms with van der Waals surface area (Å²) in [4.78, 5) is 6.44. The zero-order valence-corrected chi connectivity index (χ0v) is 8.69. The van der Waals surface area contributed by atoms with Crippen LogP contribution in [0.2, 0.25) is 0 Å². The lowest BCUT2D eigenvalue weighted by atomic mass is 10.0. The zero-order chi connectivity index (χ0) is 10.3. The molecule has 0 atom stereocenters. The number of rotatable bonds is 2. The second-order valence-corrected chi connectivity index (χ2v) is 4.39. The third-order valence-corrected chi connectivity index (χ3v) is 3.23. The maximum Gasteiger partial charge on any atom is 0.0895 e. The van der Waals surface area contributed by atoms with Crippen LogP contribution in [0.5, 0.6) is 0 Å². The van der Waals surface area contributed by atoms with E-state index in [4.69, 9.17) is 5.73 Å². The van der Waals surface area contributed by atoms with E-state index in [2.05, 4.69) is 34.2 Å². The fraction of sp³-hybridized carbons (Fsp3) is 0.417. The van der Waals surface area contributed by atoms with Gasteiger partial charge in [0.2, 0.25) is 0 Å². The third kappa shape index (κ3) is 1.43. The van der Waals surface area contributed by atoms with Crippen LogP contribution < -0.4 is 10.6 Å². The van der Waals surface area contributed by atoms with E-state index in [1.54, 1.807) is 0 Å². The summed E-state index contributed by atoms with van der Waals surface area (Å²) in [6, 6.07) is 8.42. The largest absolute Gasteiger partial charge is 0.331 e. The van der Waals surface area contributed by atoms with Crippen LogP contribution in [0.3, 0.4) is 0 Å². The summed E-state index contributed by atoms with van der Waals surface area (Å²) in [5.74, 6) is 0. The van der Waals surface area contributed by atoms with Crippen LogP contribution in [0, 0.1) is 0 Å². The number of anilines is 1. The molecule has 1 fully saturated rings. The zero-order valence-electron chi connectivity index (χ0n) is 8.69. The lowest BCUT2D eigenvalue weighted by Gasteiger charge is -2.21. The standard InChI is InChI=1S/C12H15N3/c13-12(5-6-12)10-3-1-2-4-11(10)15-8-7-14-9-15/h1-4,9H,5-8,13H2. The van der Waals surface area contributed by atoms with Crippen molar-refractivity contribution in [1.82, 2.24) is 0 Å². The summed E-state index contributed by atoms with van der Waals surface area (Å²) >= 11 is 0. The first-order valence-corrected chi connectivity index (χ1v) is 5.45. The van der Waals surface area contributed by atoms with Crippen molar-refractivity contribution in [2.45, 2.75) is 18.4 Å². The second-order valence-electron chi connectivity index (χ2n) is 4.39. The van der Waals surface area contributed by atoms with Crippen molar-refractivity contribution in [3.05, 3.63) is 29.8 Å². The smallest absolute Gasteiger partial charge is 0.0895 e. The Hall–Kier alpha value is -1.35. The number of hydrogen-bond donors (Lipinski definition) is 1. The van der Waals surface area contributed by atoms with Gasteiger partial charge in [0.15, 0.2) is 0 Å². The minimum atomic E-state index is -0.0625. The Balaban J connectivity index is 2.02. The molecule has 1 aromatic rings. The molecule has 1 saturated carbocycles. The van der Waals surface area contributed by atoms with Gasteiger partial charge in [0.1, 0.15) is 0 Å². The van der Waals surface area contributed by atoms with Crippen molar-refractivity contribution < 1.29 is 0 Å². The quantitative estimate of drug-likeness (QED) is 0.787. The Morgan fingerprint density at radius 3 is 2.73 bits per heavy atom. The van der Waals surface area contributed by atoms with Crippen LogP contribution in [0.25, 0.3) is 0 Å². The van der Waals surface area contributed by atoms with E-state index in [9.17, 15) is 0 Å². The van der Waals surface area contributed by atoms with E-state index in [1.165, 1.54) is 11.3 Å². The van der Waals surface area contributed by atoms with Crippen molar-refractivity contribution in [3.8, 4) is 0 Å². The van der Waals surface area contributed by atoms with Crippen molar-refractivity contribution in [1.29, 1.82) is 0 Å². The first kappa shape index (κ1) is 8.92. The normalized spacial score (nSPS) is 22.1. The van der Waals surface area contributed by atoms with Gasteiger partial charge in [0.25, 0.3) is 0 Å². The van der Waals surface area contributed by atoms with Crippen LogP contribution in [-0.2, 0) is 5.54 Å². The van der Waals surface area contributed by atoms with Crippen LogP contribution in [-0.4, -0.2) is 19.4 Å². The molecule has 1 aliphatic heterocycles. The maximum absolute atomic E-state index is 6.27. The molecule has 15 heavy (non-hydrogen) atoms. The van der Waals surface area contributed by atoms with Gasteiger partial charge < -0.3 is 10.6 Å². The number of benzene rings is 1. The first-order chi connectivity index (χ1) is 7.30. The lowest BCUT2D eigenvalue weighted by Crippen LogP contribution is -2.26. The van der Waals surface area contributed by atoms with Crippen LogP contribution >= 0.6 is 0 Å². The highest BCUT2D eigenvalue weighted by Crippen LogP contribution is 2.46. The molecule has 1 aromatic carbocycles. The predicted octanol–water partition coefficient (Wildman–Crippen LogP) is 1.48. The molecule has 0 bridgehead atoms. The Morgan fingerprint density at radius 1 is 1.27 bits per heavy atom. The van der Waals surface area contributed by atoms with Gasteiger partial charge in [-0.2, -0.15) is 0 Å². The summed E-state index contributed by atoms with van der Waals surface area (Å²) in [6.07, 6.45) is 4.13. The highest BCUT2D eigenvalue weighted by atomic mass is 15.2. The summed E-state index contributed by atoms with van der Waals surface area (Å²) in [5.41, 5.74) is 8.71. The molecule has 3 heteroatoms. The van der Waals surface area contributed by atoms with Crippen molar-refractivity contribution in [2.75, 3.05) is 18.0 Å². The number of aliphatic imine (C=N–C) groups is 1. The molecule has 3 rings (SSSR count). The second kappa shape index (κ2) is 3.07. The molecule has 78 valence electrons. The Morgan fingerprint density at radius 2 is 2.07 bits per heavy atom. The molecule has 0 unspecified atom stereocenters. The van der Waals surface area contributed by atoms with E-state index < -0.39 is 0 Å². The lowest BCUT2D eigenvalue weighted by molar-refractivity contribution is 0.738. The van der Waals surface area contributed by atoms with Crippen LogP contribution in [0.1, 0.15) is 18.4 Å². The highest BCUT2D eigenvalue weighted by molar-refractivity contribution is 5.83. The summed E-state index contributed by atoms with van der Waals surface area (Å²) in [6.45, 7) is 1.87. The monoisotopic (exact) mass is 201 g/mol. The number of hydrogen-bond acceptors (Lipinski definition) is 3. The minimum Gasteiger partial charge on any atom is -0.331 e. The molecule has 1 aliphatic carbocycles. The van der Waals surface area contributed by atoms with E-state index in [0.717, 1.165) is 25.9 Å². The molecule has 0 aromatic heterocycles. The van der Waals surface area contributed by atoms with Crippen molar-refractivity contribution in [3.63, 3.8) is 0 Å². The number of nitrogens with two attached hydrogens (primary N) is 1. The minimum absolute atomic E-state index is 0.0625. The Labute approximate surface area is 89.6 Å². The van der Waals surface area contributed by atoms with Gasteiger partial charge >= 0.3 is 0 Å². The Bertz CT molecular complexity index is 407. The number of nitrogens with zero attached hydrogens (tertiary/aromatic N) is 2. The predicted molar refractivity (Wildman–Crippen MR) is 62.2 cm³/mol. The van der Waals surface area contributed by atoms with Gasteiger partial charge in [-0.1, -0.05) is 18.2 Å². The fourth-order valence-corrected chi connectivity index (χ4v) is 2.11. The van der Waals surface area contributed by atoms with E-state index >= 15 is 0 Å². The average Bonchev–Trinajstić information content (AvgIpc) is 2.84. The van der Waals surface area contributed by atoms with Crippen LogP contribution in [0.4, 0.5) is 5.69 Å². The molecule has 2 N–H and O–H groups in total. The van der Waals surface area contributed by atoms with E-state index in [-0.39, 0.29) is 5.54 Å². The maximum atomic E-state index is 6.27. The fourth-order valence-electron chi connectivity index (χ4n) is 2.11. The van der Waals surface area contributed by atoms with Crippen molar-refractivity contribution in [2.24, 2.45) is 10.7 Å². The molecule has 0 amide bonds. The van der Waals surface area contributed by atoms with Gasteiger partial charge in [-0.05, 0) is 24.5 Å². The molecule has 1 heterocycles. The molecule has 0 spiro atoms. The molecule has 3 nitrogen and oxygen atoms in total. The number of para-hydroxylation sites is 1. The molecular weight excluding hydrogens is 186 g/mol. The SMILES string of the molecule is NC1(c2ccccc2N2C=NCC2)CC1. The van der Waals surface area contributed by atoms with Gasteiger partial charge in [-0.3, -0.25) is 4.99 Å². The molecule has 0 radical (unpaired) electrons. The highest BCUT2D eigenvalue weighted by Gasteiger charge is 2.42. The van der Waals surface area contributed by atoms with Crippen molar-refractivity contribution >= 4 is 12.0 Å². The molecule has 0 saturated heterocycles. The average molecular weight is 201 g/mol. The molecular formula is C12H15N3. The molecule has 2 aliphatic rings. The van der Waals surface area contributed by atoms with Gasteiger partial charge in [-0.25, -0.2) is 0 Å².